The SMILES string of the molecule is O=C(CSc1nnc(-c2ccncc2)n1Cc1ccccc1)N1CCCc2ccccc21. The molecule has 0 saturated heterocycles. The molecule has 5 rings (SSSR count). The normalized spacial score (nSPS) is 13.1. The number of thioether (sulfide) groups is 1. The van der Waals surface area contributed by atoms with Gasteiger partial charge in [-0.3, -0.25) is 14.3 Å². The van der Waals surface area contributed by atoms with Gasteiger partial charge in [-0.15, -0.1) is 10.2 Å². The number of hydrogen-bond donors (Lipinski definition) is 0. The van der Waals surface area contributed by atoms with Crippen LogP contribution in [0.5, 0.6) is 0 Å². The van der Waals surface area contributed by atoms with E-state index in [2.05, 4.69) is 37.9 Å². The summed E-state index contributed by atoms with van der Waals surface area (Å²) >= 11 is 1.44. The van der Waals surface area contributed by atoms with E-state index in [1.165, 1.54) is 17.3 Å². The maximum Gasteiger partial charge on any atom is 0.237 e. The van der Waals surface area contributed by atoms with Gasteiger partial charge in [0.05, 0.1) is 12.3 Å². The van der Waals surface area contributed by atoms with Crippen molar-refractivity contribution < 1.29 is 4.79 Å². The molecule has 32 heavy (non-hydrogen) atoms. The second kappa shape index (κ2) is 9.36. The summed E-state index contributed by atoms with van der Waals surface area (Å²) in [6, 6.07) is 22.3. The Labute approximate surface area is 191 Å². The van der Waals surface area contributed by atoms with Crippen LogP contribution >= 0.6 is 11.8 Å². The molecular weight excluding hydrogens is 418 g/mol. The number of aromatic nitrogens is 4. The summed E-state index contributed by atoms with van der Waals surface area (Å²) < 4.78 is 2.08. The van der Waals surface area contributed by atoms with Crippen molar-refractivity contribution in [2.24, 2.45) is 0 Å². The van der Waals surface area contributed by atoms with Crippen LogP contribution in [0, 0.1) is 0 Å². The summed E-state index contributed by atoms with van der Waals surface area (Å²) in [4.78, 5) is 19.1. The van der Waals surface area contributed by atoms with Crippen molar-refractivity contribution in [3.63, 3.8) is 0 Å². The van der Waals surface area contributed by atoms with Gasteiger partial charge in [-0.05, 0) is 42.2 Å². The average Bonchev–Trinajstić information content (AvgIpc) is 3.25. The molecule has 1 aliphatic heterocycles. The van der Waals surface area contributed by atoms with Gasteiger partial charge in [-0.25, -0.2) is 0 Å². The molecule has 0 radical (unpaired) electrons. The molecule has 0 fully saturated rings. The van der Waals surface area contributed by atoms with Crippen molar-refractivity contribution in [3.8, 4) is 11.4 Å². The van der Waals surface area contributed by atoms with E-state index in [1.807, 2.05) is 53.4 Å². The van der Waals surface area contributed by atoms with Crippen molar-refractivity contribution in [3.05, 3.63) is 90.3 Å². The third-order valence-electron chi connectivity index (χ3n) is 5.57. The fourth-order valence-electron chi connectivity index (χ4n) is 4.02. The number of aryl methyl sites for hydroxylation is 1. The lowest BCUT2D eigenvalue weighted by molar-refractivity contribution is -0.116. The standard InChI is InChI=1S/C25H23N5OS/c31-23(29-16-6-10-20-9-4-5-11-22(20)29)18-32-25-28-27-24(21-12-14-26-15-13-21)30(25)17-19-7-2-1-3-8-19/h1-5,7-9,11-15H,6,10,16-18H2. The van der Waals surface area contributed by atoms with Gasteiger partial charge in [0, 0.05) is 30.2 Å². The Morgan fingerprint density at radius 2 is 1.72 bits per heavy atom. The Kier molecular flexibility index (Phi) is 5.98. The van der Waals surface area contributed by atoms with Crippen molar-refractivity contribution >= 4 is 23.4 Å². The van der Waals surface area contributed by atoms with Crippen molar-refractivity contribution in [2.75, 3.05) is 17.2 Å². The number of benzene rings is 2. The van der Waals surface area contributed by atoms with Gasteiger partial charge >= 0.3 is 0 Å². The lowest BCUT2D eigenvalue weighted by Crippen LogP contribution is -2.36. The molecular formula is C25H23N5OS. The number of pyridine rings is 1. The molecule has 2 aromatic carbocycles. The quantitative estimate of drug-likeness (QED) is 0.414. The number of amides is 1. The third-order valence-corrected chi connectivity index (χ3v) is 6.53. The highest BCUT2D eigenvalue weighted by Crippen LogP contribution is 2.29. The minimum atomic E-state index is 0.0990. The van der Waals surface area contributed by atoms with E-state index in [0.29, 0.717) is 12.3 Å². The molecule has 6 nitrogen and oxygen atoms in total. The first-order chi connectivity index (χ1) is 15.8. The Balaban J connectivity index is 1.39. The second-order valence-corrected chi connectivity index (χ2v) is 8.62. The number of para-hydroxylation sites is 1. The molecule has 3 heterocycles. The monoisotopic (exact) mass is 441 g/mol. The molecule has 0 atom stereocenters. The van der Waals surface area contributed by atoms with E-state index >= 15 is 0 Å². The highest BCUT2D eigenvalue weighted by atomic mass is 32.2. The van der Waals surface area contributed by atoms with Crippen LogP contribution in [-0.2, 0) is 17.8 Å². The Bertz CT molecular complexity index is 1210. The minimum Gasteiger partial charge on any atom is -0.311 e. The molecule has 1 aliphatic rings. The van der Waals surface area contributed by atoms with Crippen LogP contribution < -0.4 is 4.90 Å². The zero-order chi connectivity index (χ0) is 21.8. The summed E-state index contributed by atoms with van der Waals surface area (Å²) in [7, 11) is 0. The maximum atomic E-state index is 13.1. The van der Waals surface area contributed by atoms with E-state index < -0.39 is 0 Å². The summed E-state index contributed by atoms with van der Waals surface area (Å²) in [5.74, 6) is 1.19. The molecule has 4 aromatic rings. The molecule has 0 spiro atoms. The van der Waals surface area contributed by atoms with Crippen LogP contribution in [0.3, 0.4) is 0 Å². The molecule has 7 heteroatoms. The number of hydrogen-bond acceptors (Lipinski definition) is 5. The molecule has 0 bridgehead atoms. The van der Waals surface area contributed by atoms with E-state index in [0.717, 1.165) is 47.2 Å². The van der Waals surface area contributed by atoms with Gasteiger partial charge in [0.15, 0.2) is 11.0 Å². The maximum absolute atomic E-state index is 13.1. The predicted octanol–water partition coefficient (Wildman–Crippen LogP) is 4.46. The first kappa shape index (κ1) is 20.5. The van der Waals surface area contributed by atoms with Crippen molar-refractivity contribution in [1.82, 2.24) is 19.7 Å². The van der Waals surface area contributed by atoms with Gasteiger partial charge in [0.2, 0.25) is 5.91 Å². The number of rotatable bonds is 6. The van der Waals surface area contributed by atoms with Crippen molar-refractivity contribution in [1.29, 1.82) is 0 Å². The van der Waals surface area contributed by atoms with E-state index in [9.17, 15) is 4.79 Å². The van der Waals surface area contributed by atoms with Crippen LogP contribution in [-0.4, -0.2) is 38.0 Å². The van der Waals surface area contributed by atoms with Crippen LogP contribution in [0.25, 0.3) is 11.4 Å². The van der Waals surface area contributed by atoms with Crippen LogP contribution in [0.1, 0.15) is 17.5 Å². The number of nitrogens with zero attached hydrogens (tertiary/aromatic N) is 5. The average molecular weight is 442 g/mol. The molecule has 0 unspecified atom stereocenters. The lowest BCUT2D eigenvalue weighted by Gasteiger charge is -2.29. The molecule has 160 valence electrons. The number of carbonyl (C=O) groups excluding carboxylic acids is 1. The van der Waals surface area contributed by atoms with Crippen LogP contribution in [0.15, 0.2) is 84.3 Å². The molecule has 0 N–H and O–H groups in total. The fraction of sp³-hybridized carbons (Fsp3) is 0.200. The topological polar surface area (TPSA) is 63.9 Å². The second-order valence-electron chi connectivity index (χ2n) is 7.68. The van der Waals surface area contributed by atoms with Crippen LogP contribution in [0.2, 0.25) is 0 Å². The highest BCUT2D eigenvalue weighted by Gasteiger charge is 2.23. The zero-order valence-electron chi connectivity index (χ0n) is 17.6. The summed E-state index contributed by atoms with van der Waals surface area (Å²) in [5, 5.41) is 9.62. The van der Waals surface area contributed by atoms with E-state index in [4.69, 9.17) is 0 Å². The summed E-state index contributed by atoms with van der Waals surface area (Å²) in [6.45, 7) is 1.39. The highest BCUT2D eigenvalue weighted by molar-refractivity contribution is 7.99. The Hall–Kier alpha value is -3.45. The lowest BCUT2D eigenvalue weighted by atomic mass is 10.0. The Morgan fingerprint density at radius 3 is 2.56 bits per heavy atom. The summed E-state index contributed by atoms with van der Waals surface area (Å²) in [6.07, 6.45) is 5.51. The molecule has 0 saturated carbocycles. The van der Waals surface area contributed by atoms with Gasteiger partial charge in [0.25, 0.3) is 0 Å². The van der Waals surface area contributed by atoms with Gasteiger partial charge < -0.3 is 4.90 Å². The Morgan fingerprint density at radius 1 is 0.938 bits per heavy atom. The first-order valence-corrected chi connectivity index (χ1v) is 11.7. The third kappa shape index (κ3) is 4.29. The van der Waals surface area contributed by atoms with Gasteiger partial charge in [-0.2, -0.15) is 0 Å². The van der Waals surface area contributed by atoms with Crippen molar-refractivity contribution in [2.45, 2.75) is 24.5 Å². The van der Waals surface area contributed by atoms with Crippen LogP contribution in [0.4, 0.5) is 5.69 Å². The fourth-order valence-corrected chi connectivity index (χ4v) is 4.83. The minimum absolute atomic E-state index is 0.0990. The first-order valence-electron chi connectivity index (χ1n) is 10.7. The number of carbonyl (C=O) groups is 1. The zero-order valence-corrected chi connectivity index (χ0v) is 18.4. The molecule has 1 amide bonds. The van der Waals surface area contributed by atoms with E-state index in [-0.39, 0.29) is 5.91 Å². The number of anilines is 1. The van der Waals surface area contributed by atoms with Gasteiger partial charge in [0.1, 0.15) is 0 Å². The smallest absolute Gasteiger partial charge is 0.237 e. The van der Waals surface area contributed by atoms with E-state index in [1.54, 1.807) is 12.4 Å². The predicted molar refractivity (Wildman–Crippen MR) is 127 cm³/mol. The largest absolute Gasteiger partial charge is 0.311 e. The number of fused-ring (bicyclic) bond motifs is 1. The molecule has 2 aromatic heterocycles. The molecule has 0 aliphatic carbocycles. The summed E-state index contributed by atoms with van der Waals surface area (Å²) in [5.41, 5.74) is 4.38. The van der Waals surface area contributed by atoms with Gasteiger partial charge in [-0.1, -0.05) is 60.3 Å².